The van der Waals surface area contributed by atoms with Gasteiger partial charge in [0.05, 0.1) is 0 Å². The van der Waals surface area contributed by atoms with Gasteiger partial charge in [-0.3, -0.25) is 0 Å². The lowest BCUT2D eigenvalue weighted by Gasteiger charge is -2.40. The third kappa shape index (κ3) is 2.31. The van der Waals surface area contributed by atoms with Crippen molar-refractivity contribution in [3.05, 3.63) is 0 Å². The zero-order valence-corrected chi connectivity index (χ0v) is 9.84. The molecule has 2 aliphatic rings. The first-order valence-corrected chi connectivity index (χ1v) is 6.51. The molecule has 14 heavy (non-hydrogen) atoms. The molecule has 0 N–H and O–H groups in total. The van der Waals surface area contributed by atoms with Gasteiger partial charge >= 0.3 is 0 Å². The number of nitrogens with zero attached hydrogens (tertiary/aromatic N) is 1. The lowest BCUT2D eigenvalue weighted by Crippen LogP contribution is -2.42. The van der Waals surface area contributed by atoms with Crippen LogP contribution in [0.5, 0.6) is 0 Å². The third-order valence-electron chi connectivity index (χ3n) is 4.54. The fourth-order valence-electron chi connectivity index (χ4n) is 2.78. The van der Waals surface area contributed by atoms with E-state index in [4.69, 9.17) is 0 Å². The smallest absolute Gasteiger partial charge is 0.00952 e. The Morgan fingerprint density at radius 3 is 2.14 bits per heavy atom. The lowest BCUT2D eigenvalue weighted by atomic mass is 9.85. The van der Waals surface area contributed by atoms with Crippen molar-refractivity contribution in [2.75, 3.05) is 13.1 Å². The highest BCUT2D eigenvalue weighted by Gasteiger charge is 2.26. The van der Waals surface area contributed by atoms with Gasteiger partial charge in [-0.25, -0.2) is 0 Å². The van der Waals surface area contributed by atoms with E-state index in [0.717, 1.165) is 17.9 Å². The molecule has 2 fully saturated rings. The summed E-state index contributed by atoms with van der Waals surface area (Å²) in [6, 6.07) is 0.968. The molecule has 0 bridgehead atoms. The van der Waals surface area contributed by atoms with Gasteiger partial charge in [-0.2, -0.15) is 0 Å². The highest BCUT2D eigenvalue weighted by atomic mass is 15.2. The van der Waals surface area contributed by atoms with Crippen LogP contribution in [0.3, 0.4) is 0 Å². The average molecular weight is 195 g/mol. The molecule has 1 saturated heterocycles. The number of hydrogen-bond acceptors (Lipinski definition) is 1. The van der Waals surface area contributed by atoms with Gasteiger partial charge in [-0.05, 0) is 57.0 Å². The van der Waals surface area contributed by atoms with Crippen molar-refractivity contribution in [3.8, 4) is 0 Å². The molecule has 1 heteroatoms. The third-order valence-corrected chi connectivity index (χ3v) is 4.54. The van der Waals surface area contributed by atoms with Crippen LogP contribution in [0.25, 0.3) is 0 Å². The minimum atomic E-state index is 0.942. The SMILES string of the molecule is CC1CCCN(C2CCC2)CCC1C. The molecule has 0 aromatic carbocycles. The maximum Gasteiger partial charge on any atom is 0.00952 e. The lowest BCUT2D eigenvalue weighted by molar-refractivity contribution is 0.0983. The van der Waals surface area contributed by atoms with Crippen LogP contribution in [0.15, 0.2) is 0 Å². The molecule has 0 radical (unpaired) electrons. The molecule has 0 spiro atoms. The Morgan fingerprint density at radius 2 is 1.50 bits per heavy atom. The van der Waals surface area contributed by atoms with Crippen molar-refractivity contribution >= 4 is 0 Å². The molecule has 2 rings (SSSR count). The molecule has 0 aromatic rings. The van der Waals surface area contributed by atoms with Crippen molar-refractivity contribution < 1.29 is 0 Å². The summed E-state index contributed by atoms with van der Waals surface area (Å²) in [6.45, 7) is 7.62. The van der Waals surface area contributed by atoms with Crippen molar-refractivity contribution in [1.82, 2.24) is 4.90 Å². The fraction of sp³-hybridized carbons (Fsp3) is 1.00. The van der Waals surface area contributed by atoms with Gasteiger partial charge in [0, 0.05) is 6.04 Å². The first-order valence-electron chi connectivity index (χ1n) is 6.51. The minimum Gasteiger partial charge on any atom is -0.300 e. The summed E-state index contributed by atoms with van der Waals surface area (Å²) < 4.78 is 0. The first-order chi connectivity index (χ1) is 6.77. The van der Waals surface area contributed by atoms with E-state index in [1.54, 1.807) is 0 Å². The Hall–Kier alpha value is -0.0400. The first kappa shape index (κ1) is 10.5. The fourth-order valence-corrected chi connectivity index (χ4v) is 2.78. The molecule has 2 unspecified atom stereocenters. The van der Waals surface area contributed by atoms with Gasteiger partial charge < -0.3 is 4.90 Å². The number of hydrogen-bond donors (Lipinski definition) is 0. The standard InChI is InChI=1S/C13H25N/c1-11-5-4-9-14(10-8-12(11)2)13-6-3-7-13/h11-13H,3-10H2,1-2H3. The van der Waals surface area contributed by atoms with Gasteiger partial charge in [-0.15, -0.1) is 0 Å². The average Bonchev–Trinajstić information content (AvgIpc) is 2.07. The molecular weight excluding hydrogens is 170 g/mol. The predicted octanol–water partition coefficient (Wildman–Crippen LogP) is 3.30. The summed E-state index contributed by atoms with van der Waals surface area (Å²) in [6.07, 6.45) is 8.74. The van der Waals surface area contributed by atoms with Crippen LogP contribution >= 0.6 is 0 Å². The van der Waals surface area contributed by atoms with Crippen molar-refractivity contribution in [1.29, 1.82) is 0 Å². The molecule has 1 saturated carbocycles. The topological polar surface area (TPSA) is 3.24 Å². The van der Waals surface area contributed by atoms with Crippen LogP contribution in [0, 0.1) is 11.8 Å². The molecule has 1 aliphatic heterocycles. The van der Waals surface area contributed by atoms with E-state index in [-0.39, 0.29) is 0 Å². The van der Waals surface area contributed by atoms with E-state index in [1.807, 2.05) is 0 Å². The summed E-state index contributed by atoms with van der Waals surface area (Å²) in [4.78, 5) is 2.77. The second-order valence-corrected chi connectivity index (χ2v) is 5.51. The summed E-state index contributed by atoms with van der Waals surface area (Å²) in [5.41, 5.74) is 0. The van der Waals surface area contributed by atoms with E-state index < -0.39 is 0 Å². The number of likely N-dealkylation sites (tertiary alicyclic amines) is 1. The second-order valence-electron chi connectivity index (χ2n) is 5.51. The molecular formula is C13H25N. The van der Waals surface area contributed by atoms with Crippen LogP contribution in [-0.4, -0.2) is 24.0 Å². The Balaban J connectivity index is 1.83. The maximum atomic E-state index is 2.77. The summed E-state index contributed by atoms with van der Waals surface area (Å²) >= 11 is 0. The summed E-state index contributed by atoms with van der Waals surface area (Å²) in [5, 5.41) is 0. The van der Waals surface area contributed by atoms with Gasteiger partial charge in [0.15, 0.2) is 0 Å². The monoisotopic (exact) mass is 195 g/mol. The van der Waals surface area contributed by atoms with Crippen LogP contribution < -0.4 is 0 Å². The molecule has 2 atom stereocenters. The highest BCUT2D eigenvalue weighted by molar-refractivity contribution is 4.82. The van der Waals surface area contributed by atoms with Crippen LogP contribution in [-0.2, 0) is 0 Å². The molecule has 82 valence electrons. The zero-order valence-electron chi connectivity index (χ0n) is 9.84. The van der Waals surface area contributed by atoms with E-state index in [1.165, 1.54) is 51.6 Å². The van der Waals surface area contributed by atoms with Crippen molar-refractivity contribution in [3.63, 3.8) is 0 Å². The van der Waals surface area contributed by atoms with Crippen LogP contribution in [0.1, 0.15) is 52.4 Å². The molecule has 1 nitrogen and oxygen atoms in total. The molecule has 0 amide bonds. The maximum absolute atomic E-state index is 2.77. The summed E-state index contributed by atoms with van der Waals surface area (Å²) in [5.74, 6) is 1.90. The summed E-state index contributed by atoms with van der Waals surface area (Å²) in [7, 11) is 0. The highest BCUT2D eigenvalue weighted by Crippen LogP contribution is 2.29. The van der Waals surface area contributed by atoms with Gasteiger partial charge in [0.1, 0.15) is 0 Å². The van der Waals surface area contributed by atoms with Gasteiger partial charge in [0.2, 0.25) is 0 Å². The quantitative estimate of drug-likeness (QED) is 0.620. The van der Waals surface area contributed by atoms with E-state index >= 15 is 0 Å². The Bertz CT molecular complexity index is 174. The Kier molecular flexibility index (Phi) is 3.48. The second kappa shape index (κ2) is 4.65. The van der Waals surface area contributed by atoms with Crippen molar-refractivity contribution in [2.45, 2.75) is 58.4 Å². The largest absolute Gasteiger partial charge is 0.300 e. The van der Waals surface area contributed by atoms with E-state index in [9.17, 15) is 0 Å². The van der Waals surface area contributed by atoms with Gasteiger partial charge in [-0.1, -0.05) is 20.3 Å². The predicted molar refractivity (Wildman–Crippen MR) is 61.4 cm³/mol. The molecule has 0 aromatic heterocycles. The molecule has 1 aliphatic carbocycles. The van der Waals surface area contributed by atoms with Crippen LogP contribution in [0.2, 0.25) is 0 Å². The van der Waals surface area contributed by atoms with Crippen molar-refractivity contribution in [2.24, 2.45) is 11.8 Å². The van der Waals surface area contributed by atoms with Crippen LogP contribution in [0.4, 0.5) is 0 Å². The van der Waals surface area contributed by atoms with E-state index in [0.29, 0.717) is 0 Å². The normalized spacial score (nSPS) is 37.3. The zero-order chi connectivity index (χ0) is 9.97. The molecule has 1 heterocycles. The number of rotatable bonds is 1. The van der Waals surface area contributed by atoms with E-state index in [2.05, 4.69) is 18.7 Å². The minimum absolute atomic E-state index is 0.942. The Labute approximate surface area is 88.9 Å². The van der Waals surface area contributed by atoms with Gasteiger partial charge in [0.25, 0.3) is 0 Å². The Morgan fingerprint density at radius 1 is 0.786 bits per heavy atom.